The van der Waals surface area contributed by atoms with E-state index in [2.05, 4.69) is 5.32 Å². The molecular formula is C17H24N2O5. The molecule has 1 aromatic rings. The molecule has 0 spiro atoms. The fourth-order valence-corrected chi connectivity index (χ4v) is 2.72. The molecule has 7 nitrogen and oxygen atoms in total. The zero-order valence-electron chi connectivity index (χ0n) is 14.4. The highest BCUT2D eigenvalue weighted by Gasteiger charge is 2.53. The van der Waals surface area contributed by atoms with E-state index in [1.54, 1.807) is 39.0 Å². The zero-order chi connectivity index (χ0) is 18.1. The molecule has 1 saturated carbocycles. The summed E-state index contributed by atoms with van der Waals surface area (Å²) >= 11 is 0. The van der Waals surface area contributed by atoms with E-state index < -0.39 is 29.1 Å². The van der Waals surface area contributed by atoms with Gasteiger partial charge >= 0.3 is 12.1 Å². The van der Waals surface area contributed by atoms with Crippen LogP contribution < -0.4 is 15.8 Å². The quantitative estimate of drug-likeness (QED) is 0.762. The van der Waals surface area contributed by atoms with Gasteiger partial charge in [-0.3, -0.25) is 10.1 Å². The minimum absolute atomic E-state index is 0.456. The van der Waals surface area contributed by atoms with Gasteiger partial charge in [0, 0.05) is 11.5 Å². The molecule has 1 fully saturated rings. The van der Waals surface area contributed by atoms with Gasteiger partial charge in [0.15, 0.2) is 0 Å². The first-order valence-corrected chi connectivity index (χ1v) is 7.76. The lowest BCUT2D eigenvalue weighted by molar-refractivity contribution is -0.139. The molecular weight excluding hydrogens is 312 g/mol. The maximum Gasteiger partial charge on any atom is 0.412 e. The van der Waals surface area contributed by atoms with Gasteiger partial charge in [0.05, 0.1) is 12.8 Å². The van der Waals surface area contributed by atoms with Crippen LogP contribution >= 0.6 is 0 Å². The molecule has 1 aliphatic carbocycles. The zero-order valence-corrected chi connectivity index (χ0v) is 14.4. The number of rotatable bonds is 5. The number of aliphatic carboxylic acids is 1. The number of methoxy groups -OCH3 is 1. The van der Waals surface area contributed by atoms with Gasteiger partial charge in [-0.05, 0) is 45.2 Å². The van der Waals surface area contributed by atoms with Crippen LogP contribution in [-0.2, 0) is 14.9 Å². The molecule has 0 saturated heterocycles. The monoisotopic (exact) mass is 336 g/mol. The number of anilines is 1. The summed E-state index contributed by atoms with van der Waals surface area (Å²) < 4.78 is 10.5. The van der Waals surface area contributed by atoms with Gasteiger partial charge in [-0.1, -0.05) is 6.07 Å². The van der Waals surface area contributed by atoms with Gasteiger partial charge in [-0.15, -0.1) is 0 Å². The number of hydrogen-bond donors (Lipinski definition) is 3. The van der Waals surface area contributed by atoms with E-state index in [0.29, 0.717) is 29.8 Å². The van der Waals surface area contributed by atoms with Crippen molar-refractivity contribution in [1.29, 1.82) is 0 Å². The number of hydrogen-bond acceptors (Lipinski definition) is 5. The number of carbonyl (C=O) groups is 2. The van der Waals surface area contributed by atoms with Crippen molar-refractivity contribution < 1.29 is 24.2 Å². The van der Waals surface area contributed by atoms with E-state index in [4.69, 9.17) is 15.2 Å². The van der Waals surface area contributed by atoms with E-state index >= 15 is 0 Å². The third-order valence-corrected chi connectivity index (χ3v) is 4.05. The number of carbonyl (C=O) groups excluding carboxylic acids is 1. The molecule has 4 N–H and O–H groups in total. The SMILES string of the molecule is COc1ccc(C2(C(N)C(=O)O)CC2)c(NC(=O)OC(C)(C)C)c1. The van der Waals surface area contributed by atoms with E-state index in [1.807, 2.05) is 0 Å². The Hall–Kier alpha value is -2.28. The number of nitrogens with two attached hydrogens (primary N) is 1. The smallest absolute Gasteiger partial charge is 0.412 e. The molecule has 1 aliphatic rings. The maximum atomic E-state index is 12.1. The Kier molecular flexibility index (Phi) is 4.75. The third-order valence-electron chi connectivity index (χ3n) is 4.05. The van der Waals surface area contributed by atoms with Crippen LogP contribution in [0.4, 0.5) is 10.5 Å². The Balaban J connectivity index is 2.36. The molecule has 1 amide bonds. The first kappa shape index (κ1) is 18.1. The minimum Gasteiger partial charge on any atom is -0.497 e. The highest BCUT2D eigenvalue weighted by atomic mass is 16.6. The summed E-state index contributed by atoms with van der Waals surface area (Å²) in [5, 5.41) is 12.0. The fraction of sp³-hybridized carbons (Fsp3) is 0.529. The van der Waals surface area contributed by atoms with E-state index in [9.17, 15) is 14.7 Å². The third kappa shape index (κ3) is 3.79. The molecule has 1 aromatic carbocycles. The van der Waals surface area contributed by atoms with Crippen molar-refractivity contribution in [1.82, 2.24) is 0 Å². The molecule has 0 heterocycles. The van der Waals surface area contributed by atoms with Crippen LogP contribution in [0.3, 0.4) is 0 Å². The standard InChI is InChI=1S/C17H24N2O5/c1-16(2,3)24-15(22)19-12-9-10(23-4)5-6-11(12)17(7-8-17)13(18)14(20)21/h5-6,9,13H,7-8,18H2,1-4H3,(H,19,22)(H,20,21). The van der Waals surface area contributed by atoms with Crippen molar-refractivity contribution in [3.05, 3.63) is 23.8 Å². The molecule has 1 unspecified atom stereocenters. The normalized spacial score (nSPS) is 16.9. The van der Waals surface area contributed by atoms with E-state index in [-0.39, 0.29) is 0 Å². The first-order valence-electron chi connectivity index (χ1n) is 7.76. The second kappa shape index (κ2) is 6.32. The van der Waals surface area contributed by atoms with Crippen LogP contribution in [0, 0.1) is 0 Å². The molecule has 24 heavy (non-hydrogen) atoms. The molecule has 0 bridgehead atoms. The summed E-state index contributed by atoms with van der Waals surface area (Å²) in [6.07, 6.45) is 0.683. The van der Waals surface area contributed by atoms with Crippen molar-refractivity contribution in [2.45, 2.75) is 50.7 Å². The maximum absolute atomic E-state index is 12.1. The first-order chi connectivity index (χ1) is 11.1. The van der Waals surface area contributed by atoms with Gasteiger partial charge in [-0.25, -0.2) is 4.79 Å². The summed E-state index contributed by atoms with van der Waals surface area (Å²) in [6, 6.07) is 4.09. The lowest BCUT2D eigenvalue weighted by atomic mass is 9.87. The Bertz CT molecular complexity index is 647. The largest absolute Gasteiger partial charge is 0.497 e. The Morgan fingerprint density at radius 2 is 1.96 bits per heavy atom. The van der Waals surface area contributed by atoms with Crippen molar-refractivity contribution >= 4 is 17.7 Å². The van der Waals surface area contributed by atoms with Crippen LogP contribution in [0.1, 0.15) is 39.2 Å². The number of nitrogens with one attached hydrogen (secondary N) is 1. The van der Waals surface area contributed by atoms with Crippen molar-refractivity contribution in [3.8, 4) is 5.75 Å². The van der Waals surface area contributed by atoms with Gasteiger partial charge in [0.2, 0.25) is 0 Å². The summed E-state index contributed by atoms with van der Waals surface area (Å²) in [4.78, 5) is 23.5. The molecule has 2 rings (SSSR count). The summed E-state index contributed by atoms with van der Waals surface area (Å²) in [5.74, 6) is -0.518. The van der Waals surface area contributed by atoms with Gasteiger partial charge in [0.25, 0.3) is 0 Å². The van der Waals surface area contributed by atoms with E-state index in [0.717, 1.165) is 0 Å². The average Bonchev–Trinajstić information content (AvgIpc) is 3.25. The van der Waals surface area contributed by atoms with Gasteiger partial charge in [-0.2, -0.15) is 0 Å². The predicted molar refractivity (Wildman–Crippen MR) is 89.4 cm³/mol. The van der Waals surface area contributed by atoms with Crippen molar-refractivity contribution in [2.24, 2.45) is 5.73 Å². The lowest BCUT2D eigenvalue weighted by Crippen LogP contribution is -2.42. The fourth-order valence-electron chi connectivity index (χ4n) is 2.72. The average molecular weight is 336 g/mol. The molecule has 0 radical (unpaired) electrons. The van der Waals surface area contributed by atoms with Crippen LogP contribution in [0.15, 0.2) is 18.2 Å². The molecule has 0 aliphatic heterocycles. The molecule has 0 aromatic heterocycles. The number of benzene rings is 1. The van der Waals surface area contributed by atoms with Crippen LogP contribution in [0.25, 0.3) is 0 Å². The van der Waals surface area contributed by atoms with E-state index in [1.165, 1.54) is 7.11 Å². The lowest BCUT2D eigenvalue weighted by Gasteiger charge is -2.25. The summed E-state index contributed by atoms with van der Waals surface area (Å²) in [7, 11) is 1.52. The molecule has 132 valence electrons. The number of ether oxygens (including phenoxy) is 2. The predicted octanol–water partition coefficient (Wildman–Crippen LogP) is 2.49. The molecule has 7 heteroatoms. The highest BCUT2D eigenvalue weighted by Crippen LogP contribution is 2.53. The van der Waals surface area contributed by atoms with Crippen LogP contribution in [0.5, 0.6) is 5.75 Å². The number of carboxylic acids is 1. The topological polar surface area (TPSA) is 111 Å². The van der Waals surface area contributed by atoms with Crippen LogP contribution in [0.2, 0.25) is 0 Å². The van der Waals surface area contributed by atoms with Crippen molar-refractivity contribution in [2.75, 3.05) is 12.4 Å². The number of amides is 1. The van der Waals surface area contributed by atoms with Crippen molar-refractivity contribution in [3.63, 3.8) is 0 Å². The van der Waals surface area contributed by atoms with Gasteiger partial charge < -0.3 is 20.3 Å². The van der Waals surface area contributed by atoms with Gasteiger partial charge in [0.1, 0.15) is 17.4 Å². The summed E-state index contributed by atoms with van der Waals surface area (Å²) in [6.45, 7) is 5.30. The number of carboxylic acid groups (broad SMARTS) is 1. The Morgan fingerprint density at radius 3 is 2.42 bits per heavy atom. The second-order valence-corrected chi connectivity index (χ2v) is 7.01. The minimum atomic E-state index is -1.06. The second-order valence-electron chi connectivity index (χ2n) is 7.01. The highest BCUT2D eigenvalue weighted by molar-refractivity contribution is 5.88. The summed E-state index contributed by atoms with van der Waals surface area (Å²) in [5.41, 5.74) is 5.71. The Labute approximate surface area is 141 Å². The molecule has 1 atom stereocenters. The Morgan fingerprint density at radius 1 is 1.33 bits per heavy atom. The van der Waals surface area contributed by atoms with Crippen LogP contribution in [-0.4, -0.2) is 35.9 Å².